The van der Waals surface area contributed by atoms with E-state index < -0.39 is 22.9 Å². The van der Waals surface area contributed by atoms with E-state index in [0.717, 1.165) is 0 Å². The Morgan fingerprint density at radius 2 is 1.86 bits per heavy atom. The van der Waals surface area contributed by atoms with E-state index in [2.05, 4.69) is 15.4 Å². The van der Waals surface area contributed by atoms with Crippen molar-refractivity contribution >= 4 is 23.0 Å². The Labute approximate surface area is 126 Å². The molecule has 0 heterocycles. The minimum absolute atomic E-state index is 0.0713. The van der Waals surface area contributed by atoms with Crippen LogP contribution in [0, 0.1) is 0 Å². The number of hydrogen-bond acceptors (Lipinski definition) is 7. The van der Waals surface area contributed by atoms with Gasteiger partial charge in [0.1, 0.15) is 11.4 Å². The highest BCUT2D eigenvalue weighted by atomic mass is 16.5. The zero-order chi connectivity index (χ0) is 16.3. The standard InChI is InChI=1S/C15H16N2O5/c1-8(18)7-16-11-12(14(20)13(11)19)17-10-6-4-3-5-9(10)15(21)22-2/h3-6,8,16-18H,7H2,1-2H3/t8-/m1/s1. The number of benzene rings is 1. The van der Waals surface area contributed by atoms with Crippen molar-refractivity contribution in [3.05, 3.63) is 50.3 Å². The third-order valence-corrected chi connectivity index (χ3v) is 3.08. The molecule has 0 saturated carbocycles. The van der Waals surface area contributed by atoms with E-state index in [1.165, 1.54) is 7.11 Å². The van der Waals surface area contributed by atoms with Gasteiger partial charge in [-0.2, -0.15) is 0 Å². The predicted octanol–water partition coefficient (Wildman–Crippen LogP) is 0.605. The van der Waals surface area contributed by atoms with Gasteiger partial charge in [0.15, 0.2) is 0 Å². The van der Waals surface area contributed by atoms with E-state index in [-0.39, 0.29) is 23.5 Å². The van der Waals surface area contributed by atoms with Crippen LogP contribution in [-0.2, 0) is 4.74 Å². The van der Waals surface area contributed by atoms with Crippen LogP contribution in [0.4, 0.5) is 17.1 Å². The number of esters is 1. The fraction of sp³-hybridized carbons (Fsp3) is 0.267. The first-order valence-electron chi connectivity index (χ1n) is 6.65. The highest BCUT2D eigenvalue weighted by molar-refractivity contribution is 5.97. The Hall–Kier alpha value is -2.67. The Kier molecular flexibility index (Phi) is 4.57. The maximum absolute atomic E-state index is 11.7. The van der Waals surface area contributed by atoms with E-state index in [1.807, 2.05) is 0 Å². The Morgan fingerprint density at radius 3 is 2.50 bits per heavy atom. The summed E-state index contributed by atoms with van der Waals surface area (Å²) in [6.07, 6.45) is -0.667. The van der Waals surface area contributed by atoms with Crippen LogP contribution in [0.15, 0.2) is 33.9 Å². The molecule has 116 valence electrons. The summed E-state index contributed by atoms with van der Waals surface area (Å²) in [7, 11) is 1.26. The predicted molar refractivity (Wildman–Crippen MR) is 82.6 cm³/mol. The largest absolute Gasteiger partial charge is 0.465 e. The summed E-state index contributed by atoms with van der Waals surface area (Å²) >= 11 is 0. The summed E-state index contributed by atoms with van der Waals surface area (Å²) in [6.45, 7) is 1.69. The number of para-hydroxylation sites is 1. The fourth-order valence-electron chi connectivity index (χ4n) is 1.94. The van der Waals surface area contributed by atoms with E-state index in [1.54, 1.807) is 31.2 Å². The van der Waals surface area contributed by atoms with E-state index >= 15 is 0 Å². The van der Waals surface area contributed by atoms with Crippen LogP contribution < -0.4 is 21.5 Å². The number of carbonyl (C=O) groups excluding carboxylic acids is 1. The van der Waals surface area contributed by atoms with Gasteiger partial charge in [-0.1, -0.05) is 12.1 Å². The minimum Gasteiger partial charge on any atom is -0.465 e. The number of hydrogen-bond donors (Lipinski definition) is 3. The number of ether oxygens (including phenoxy) is 1. The Morgan fingerprint density at radius 1 is 1.23 bits per heavy atom. The van der Waals surface area contributed by atoms with Gasteiger partial charge in [0.25, 0.3) is 10.9 Å². The zero-order valence-electron chi connectivity index (χ0n) is 12.2. The smallest absolute Gasteiger partial charge is 0.339 e. The number of rotatable bonds is 6. The maximum atomic E-state index is 11.7. The Bertz CT molecular complexity index is 759. The molecule has 0 aliphatic heterocycles. The summed E-state index contributed by atoms with van der Waals surface area (Å²) < 4.78 is 4.67. The summed E-state index contributed by atoms with van der Waals surface area (Å²) in [5, 5.41) is 14.7. The molecule has 2 aromatic rings. The minimum atomic E-state index is -0.673. The molecule has 0 bridgehead atoms. The van der Waals surface area contributed by atoms with Crippen molar-refractivity contribution < 1.29 is 14.6 Å². The quantitative estimate of drug-likeness (QED) is 0.530. The van der Waals surface area contributed by atoms with Crippen LogP contribution in [0.2, 0.25) is 0 Å². The maximum Gasteiger partial charge on any atom is 0.339 e. The van der Waals surface area contributed by atoms with Gasteiger partial charge in [0.2, 0.25) is 0 Å². The van der Waals surface area contributed by atoms with Gasteiger partial charge in [0.05, 0.1) is 24.5 Å². The first-order valence-corrected chi connectivity index (χ1v) is 6.65. The lowest BCUT2D eigenvalue weighted by atomic mass is 10.1. The summed E-state index contributed by atoms with van der Waals surface area (Å²) in [6, 6.07) is 6.49. The van der Waals surface area contributed by atoms with Crippen LogP contribution >= 0.6 is 0 Å². The molecule has 0 aliphatic rings. The van der Waals surface area contributed by atoms with Gasteiger partial charge >= 0.3 is 5.97 Å². The number of methoxy groups -OCH3 is 1. The molecule has 3 N–H and O–H groups in total. The lowest BCUT2D eigenvalue weighted by molar-refractivity contribution is 0.0602. The highest BCUT2D eigenvalue weighted by Gasteiger charge is 2.22. The first-order chi connectivity index (χ1) is 10.5. The van der Waals surface area contributed by atoms with Crippen LogP contribution in [0.1, 0.15) is 17.3 Å². The summed E-state index contributed by atoms with van der Waals surface area (Å²) in [5.41, 5.74) is -0.542. The normalized spacial score (nSPS) is 12.0. The molecular formula is C15H16N2O5. The molecule has 7 heteroatoms. The molecule has 0 radical (unpaired) electrons. The van der Waals surface area contributed by atoms with Crippen LogP contribution in [0.3, 0.4) is 0 Å². The van der Waals surface area contributed by atoms with Gasteiger partial charge < -0.3 is 20.5 Å². The number of carbonyl (C=O) groups is 1. The molecule has 0 fully saturated rings. The second-order valence-corrected chi connectivity index (χ2v) is 4.80. The molecular weight excluding hydrogens is 288 g/mol. The molecule has 0 amide bonds. The van der Waals surface area contributed by atoms with Crippen LogP contribution in [0.25, 0.3) is 0 Å². The second kappa shape index (κ2) is 6.40. The number of anilines is 3. The SMILES string of the molecule is COC(=O)c1ccccc1Nc1c(NC[C@@H](C)O)c(=O)c1=O. The van der Waals surface area contributed by atoms with Gasteiger partial charge in [-0.3, -0.25) is 9.59 Å². The average Bonchev–Trinajstić information content (AvgIpc) is 2.52. The van der Waals surface area contributed by atoms with E-state index in [9.17, 15) is 19.5 Å². The number of nitrogens with one attached hydrogen (secondary N) is 2. The van der Waals surface area contributed by atoms with Crippen molar-refractivity contribution in [2.45, 2.75) is 13.0 Å². The van der Waals surface area contributed by atoms with E-state index in [4.69, 9.17) is 0 Å². The van der Waals surface area contributed by atoms with Crippen molar-refractivity contribution in [1.29, 1.82) is 0 Å². The van der Waals surface area contributed by atoms with Crippen molar-refractivity contribution in [3.63, 3.8) is 0 Å². The number of aliphatic hydroxyl groups excluding tert-OH is 1. The van der Waals surface area contributed by atoms with Crippen molar-refractivity contribution in [3.8, 4) is 0 Å². The van der Waals surface area contributed by atoms with Crippen molar-refractivity contribution in [2.75, 3.05) is 24.3 Å². The van der Waals surface area contributed by atoms with Crippen molar-refractivity contribution in [2.24, 2.45) is 0 Å². The topological polar surface area (TPSA) is 105 Å². The molecule has 0 aliphatic carbocycles. The van der Waals surface area contributed by atoms with Gasteiger partial charge in [-0.05, 0) is 19.1 Å². The molecule has 0 spiro atoms. The monoisotopic (exact) mass is 304 g/mol. The summed E-state index contributed by atoms with van der Waals surface area (Å²) in [4.78, 5) is 34.9. The average molecular weight is 304 g/mol. The summed E-state index contributed by atoms with van der Waals surface area (Å²) in [5.74, 6) is -0.555. The molecule has 7 nitrogen and oxygen atoms in total. The third kappa shape index (κ3) is 2.99. The highest BCUT2D eigenvalue weighted by Crippen LogP contribution is 2.24. The fourth-order valence-corrected chi connectivity index (χ4v) is 1.94. The van der Waals surface area contributed by atoms with Crippen molar-refractivity contribution in [1.82, 2.24) is 0 Å². The van der Waals surface area contributed by atoms with Crippen LogP contribution in [0.5, 0.6) is 0 Å². The third-order valence-electron chi connectivity index (χ3n) is 3.08. The van der Waals surface area contributed by atoms with Gasteiger partial charge in [0, 0.05) is 6.54 Å². The molecule has 22 heavy (non-hydrogen) atoms. The van der Waals surface area contributed by atoms with Gasteiger partial charge in [-0.25, -0.2) is 4.79 Å². The molecule has 0 unspecified atom stereocenters. The molecule has 1 atom stereocenters. The molecule has 0 aromatic heterocycles. The lowest BCUT2D eigenvalue weighted by Gasteiger charge is -2.17. The Balaban J connectivity index is 2.29. The first kappa shape index (κ1) is 15.7. The van der Waals surface area contributed by atoms with E-state index in [0.29, 0.717) is 5.69 Å². The van der Waals surface area contributed by atoms with Crippen LogP contribution in [-0.4, -0.2) is 30.8 Å². The second-order valence-electron chi connectivity index (χ2n) is 4.80. The van der Waals surface area contributed by atoms with Gasteiger partial charge in [-0.15, -0.1) is 0 Å². The zero-order valence-corrected chi connectivity index (χ0v) is 12.2. The lowest BCUT2D eigenvalue weighted by Crippen LogP contribution is -2.38. The molecule has 2 rings (SSSR count). The number of aliphatic hydroxyl groups is 1. The molecule has 0 saturated heterocycles. The molecule has 2 aromatic carbocycles.